The lowest BCUT2D eigenvalue weighted by atomic mass is 10.1. The summed E-state index contributed by atoms with van der Waals surface area (Å²) in [4.78, 5) is 12.8. The zero-order valence-electron chi connectivity index (χ0n) is 14.3. The van der Waals surface area contributed by atoms with Crippen LogP contribution >= 0.6 is 11.6 Å². The van der Waals surface area contributed by atoms with E-state index in [0.29, 0.717) is 27.8 Å². The van der Waals surface area contributed by atoms with Crippen molar-refractivity contribution in [2.75, 3.05) is 19.5 Å². The van der Waals surface area contributed by atoms with E-state index >= 15 is 0 Å². The van der Waals surface area contributed by atoms with E-state index in [1.165, 1.54) is 14.2 Å². The van der Waals surface area contributed by atoms with Crippen LogP contribution in [0.15, 0.2) is 42.6 Å². The molecule has 0 aliphatic rings. The predicted molar refractivity (Wildman–Crippen MR) is 100 cm³/mol. The minimum atomic E-state index is -0.220. The predicted octanol–water partition coefficient (Wildman–Crippen LogP) is 4.58. The molecule has 1 heterocycles. The van der Waals surface area contributed by atoms with Gasteiger partial charge in [-0.15, -0.1) is 0 Å². The molecule has 6 heteroatoms. The molecule has 3 aromatic rings. The molecule has 25 heavy (non-hydrogen) atoms. The lowest BCUT2D eigenvalue weighted by Gasteiger charge is -2.13. The average Bonchev–Trinajstić information content (AvgIpc) is 3.01. The Labute approximate surface area is 151 Å². The Bertz CT molecular complexity index is 934. The first kappa shape index (κ1) is 17.2. The molecule has 5 nitrogen and oxygen atoms in total. The number of hydrogen-bond donors (Lipinski definition) is 1. The van der Waals surface area contributed by atoms with E-state index in [9.17, 15) is 4.79 Å². The summed E-state index contributed by atoms with van der Waals surface area (Å²) in [5.41, 5.74) is 2.12. The van der Waals surface area contributed by atoms with Crippen LogP contribution in [0.5, 0.6) is 11.5 Å². The molecular weight excluding hydrogens is 340 g/mol. The fourth-order valence-corrected chi connectivity index (χ4v) is 3.08. The van der Waals surface area contributed by atoms with Crippen molar-refractivity contribution in [2.45, 2.75) is 13.5 Å². The van der Waals surface area contributed by atoms with Gasteiger partial charge >= 0.3 is 0 Å². The molecule has 1 N–H and O–H groups in total. The molecule has 1 amide bonds. The first-order chi connectivity index (χ1) is 12.1. The van der Waals surface area contributed by atoms with Gasteiger partial charge in [0.2, 0.25) is 0 Å². The average molecular weight is 359 g/mol. The highest BCUT2D eigenvalue weighted by molar-refractivity contribution is 6.32. The number of ether oxygens (including phenoxy) is 2. The van der Waals surface area contributed by atoms with Gasteiger partial charge in [0.1, 0.15) is 11.5 Å². The van der Waals surface area contributed by atoms with Crippen molar-refractivity contribution in [3.05, 3.63) is 53.2 Å². The Morgan fingerprint density at radius 2 is 1.88 bits per heavy atom. The number of rotatable bonds is 5. The van der Waals surface area contributed by atoms with E-state index < -0.39 is 0 Å². The summed E-state index contributed by atoms with van der Waals surface area (Å²) in [7, 11) is 3.06. The largest absolute Gasteiger partial charge is 0.495 e. The van der Waals surface area contributed by atoms with E-state index in [4.69, 9.17) is 21.1 Å². The zero-order chi connectivity index (χ0) is 18.0. The maximum Gasteiger partial charge on any atom is 0.257 e. The molecule has 0 bridgehead atoms. The minimum absolute atomic E-state index is 0.220. The minimum Gasteiger partial charge on any atom is -0.495 e. The number of carbonyl (C=O) groups excluding carboxylic acids is 1. The van der Waals surface area contributed by atoms with Crippen molar-refractivity contribution in [2.24, 2.45) is 0 Å². The van der Waals surface area contributed by atoms with Gasteiger partial charge in [-0.25, -0.2) is 0 Å². The first-order valence-electron chi connectivity index (χ1n) is 7.89. The fourth-order valence-electron chi connectivity index (χ4n) is 2.84. The van der Waals surface area contributed by atoms with E-state index in [-0.39, 0.29) is 5.91 Å². The third kappa shape index (κ3) is 3.15. The van der Waals surface area contributed by atoms with Gasteiger partial charge in [0.15, 0.2) is 0 Å². The number of amides is 1. The third-order valence-electron chi connectivity index (χ3n) is 4.10. The molecule has 0 aliphatic heterocycles. The van der Waals surface area contributed by atoms with E-state index in [0.717, 1.165) is 17.4 Å². The van der Waals surface area contributed by atoms with Crippen molar-refractivity contribution >= 4 is 34.1 Å². The van der Waals surface area contributed by atoms with Crippen LogP contribution in [0.4, 0.5) is 5.69 Å². The number of halogens is 1. The maximum absolute atomic E-state index is 12.8. The van der Waals surface area contributed by atoms with Gasteiger partial charge in [0.25, 0.3) is 5.91 Å². The van der Waals surface area contributed by atoms with Gasteiger partial charge in [-0.05, 0) is 19.1 Å². The molecule has 130 valence electrons. The van der Waals surface area contributed by atoms with Crippen molar-refractivity contribution in [3.8, 4) is 11.5 Å². The van der Waals surface area contributed by atoms with Gasteiger partial charge in [0.05, 0.1) is 30.5 Å². The molecule has 0 saturated heterocycles. The van der Waals surface area contributed by atoms with Gasteiger partial charge < -0.3 is 19.4 Å². The van der Waals surface area contributed by atoms with Crippen molar-refractivity contribution in [1.82, 2.24) is 4.57 Å². The second-order valence-corrected chi connectivity index (χ2v) is 5.89. The summed E-state index contributed by atoms with van der Waals surface area (Å²) in [6.45, 7) is 2.83. The number of benzene rings is 2. The van der Waals surface area contributed by atoms with E-state index in [1.807, 2.05) is 42.0 Å². The van der Waals surface area contributed by atoms with Gasteiger partial charge in [-0.1, -0.05) is 29.8 Å². The fraction of sp³-hybridized carbons (Fsp3) is 0.211. The number of fused-ring (bicyclic) bond motifs is 1. The number of nitrogens with one attached hydrogen (secondary N) is 1. The quantitative estimate of drug-likeness (QED) is 0.726. The summed E-state index contributed by atoms with van der Waals surface area (Å²) in [6, 6.07) is 11.1. The lowest BCUT2D eigenvalue weighted by molar-refractivity contribution is 0.102. The SMILES string of the molecule is CCn1cc(C(=O)Nc2cc(Cl)c(OC)cc2OC)c2ccccc21. The standard InChI is InChI=1S/C19H19ClN2O3/c1-4-22-11-13(12-7-5-6-8-16(12)22)19(23)21-15-9-14(20)17(24-2)10-18(15)25-3/h5-11H,4H2,1-3H3,(H,21,23). The van der Waals surface area contributed by atoms with Crippen LogP contribution in [-0.2, 0) is 6.54 Å². The number of aromatic nitrogens is 1. The maximum atomic E-state index is 12.8. The molecule has 0 saturated carbocycles. The number of carbonyl (C=O) groups is 1. The van der Waals surface area contributed by atoms with Gasteiger partial charge in [0, 0.05) is 29.7 Å². The molecule has 0 radical (unpaired) electrons. The second kappa shape index (κ2) is 7.07. The second-order valence-electron chi connectivity index (χ2n) is 5.49. The Kier molecular flexibility index (Phi) is 4.86. The Balaban J connectivity index is 2.00. The van der Waals surface area contributed by atoms with Crippen LogP contribution in [-0.4, -0.2) is 24.7 Å². The number of aryl methyl sites for hydroxylation is 1. The number of para-hydroxylation sites is 1. The number of methoxy groups -OCH3 is 2. The van der Waals surface area contributed by atoms with Gasteiger partial charge in [-0.3, -0.25) is 4.79 Å². The molecule has 0 aliphatic carbocycles. The highest BCUT2D eigenvalue weighted by Crippen LogP contribution is 2.36. The molecule has 2 aromatic carbocycles. The summed E-state index contributed by atoms with van der Waals surface area (Å²) in [5, 5.41) is 4.18. The monoisotopic (exact) mass is 358 g/mol. The molecule has 3 rings (SSSR count). The summed E-state index contributed by atoms with van der Waals surface area (Å²) < 4.78 is 12.6. The Morgan fingerprint density at radius 3 is 2.56 bits per heavy atom. The summed E-state index contributed by atoms with van der Waals surface area (Å²) >= 11 is 6.17. The smallest absolute Gasteiger partial charge is 0.257 e. The zero-order valence-corrected chi connectivity index (χ0v) is 15.1. The molecular formula is C19H19ClN2O3. The molecule has 0 fully saturated rings. The van der Waals surface area contributed by atoms with E-state index in [2.05, 4.69) is 5.32 Å². The van der Waals surface area contributed by atoms with Gasteiger partial charge in [-0.2, -0.15) is 0 Å². The van der Waals surface area contributed by atoms with Crippen LogP contribution in [0, 0.1) is 0 Å². The number of anilines is 1. The Hall–Kier alpha value is -2.66. The lowest BCUT2D eigenvalue weighted by Crippen LogP contribution is -2.12. The van der Waals surface area contributed by atoms with Crippen LogP contribution in [0.25, 0.3) is 10.9 Å². The van der Waals surface area contributed by atoms with Crippen molar-refractivity contribution in [1.29, 1.82) is 0 Å². The topological polar surface area (TPSA) is 52.5 Å². The summed E-state index contributed by atoms with van der Waals surface area (Å²) in [5.74, 6) is 0.746. The molecule has 0 unspecified atom stereocenters. The van der Waals surface area contributed by atoms with Crippen LogP contribution in [0.2, 0.25) is 5.02 Å². The highest BCUT2D eigenvalue weighted by Gasteiger charge is 2.17. The Morgan fingerprint density at radius 1 is 1.16 bits per heavy atom. The molecule has 1 aromatic heterocycles. The molecule has 0 spiro atoms. The summed E-state index contributed by atoms with van der Waals surface area (Å²) in [6.07, 6.45) is 1.86. The number of hydrogen-bond acceptors (Lipinski definition) is 3. The highest BCUT2D eigenvalue weighted by atomic mass is 35.5. The van der Waals surface area contributed by atoms with Crippen LogP contribution < -0.4 is 14.8 Å². The van der Waals surface area contributed by atoms with Crippen molar-refractivity contribution < 1.29 is 14.3 Å². The third-order valence-corrected chi connectivity index (χ3v) is 4.39. The normalized spacial score (nSPS) is 10.7. The van der Waals surface area contributed by atoms with Crippen LogP contribution in [0.3, 0.4) is 0 Å². The van der Waals surface area contributed by atoms with Crippen molar-refractivity contribution in [3.63, 3.8) is 0 Å². The number of nitrogens with zero attached hydrogens (tertiary/aromatic N) is 1. The van der Waals surface area contributed by atoms with Crippen LogP contribution in [0.1, 0.15) is 17.3 Å². The van der Waals surface area contributed by atoms with E-state index in [1.54, 1.807) is 12.1 Å². The first-order valence-corrected chi connectivity index (χ1v) is 8.27. The molecule has 0 atom stereocenters.